The lowest BCUT2D eigenvalue weighted by Crippen LogP contribution is -2.13. The Hall–Kier alpha value is -0.860. The van der Waals surface area contributed by atoms with Gasteiger partial charge < -0.3 is 5.43 Å². The van der Waals surface area contributed by atoms with Crippen molar-refractivity contribution in [3.05, 3.63) is 0 Å². The standard InChI is InChI=1S/C7H12N2O/c1-2-3-4-6-7(10)5-8-9-6/h8H,2-5H2,1H3. The summed E-state index contributed by atoms with van der Waals surface area (Å²) in [6.07, 6.45) is 3.01. The first-order chi connectivity index (χ1) is 4.84. The molecule has 1 heterocycles. The van der Waals surface area contributed by atoms with Gasteiger partial charge in [-0.2, -0.15) is 5.10 Å². The van der Waals surface area contributed by atoms with Crippen molar-refractivity contribution in [1.82, 2.24) is 5.43 Å². The number of carbonyl (C=O) groups excluding carboxylic acids is 1. The van der Waals surface area contributed by atoms with Crippen molar-refractivity contribution in [3.8, 4) is 0 Å². The van der Waals surface area contributed by atoms with Gasteiger partial charge in [-0.15, -0.1) is 0 Å². The van der Waals surface area contributed by atoms with Gasteiger partial charge in [-0.1, -0.05) is 13.3 Å². The van der Waals surface area contributed by atoms with Crippen molar-refractivity contribution in [3.63, 3.8) is 0 Å². The van der Waals surface area contributed by atoms with Gasteiger partial charge in [0.2, 0.25) is 0 Å². The molecule has 56 valence electrons. The van der Waals surface area contributed by atoms with Crippen LogP contribution >= 0.6 is 0 Å². The SMILES string of the molecule is CCCCC1=NNCC1=O. The van der Waals surface area contributed by atoms with Crippen LogP contribution < -0.4 is 5.43 Å². The molecule has 0 aromatic rings. The molecule has 0 atom stereocenters. The maximum atomic E-state index is 10.9. The average Bonchev–Trinajstić information content (AvgIpc) is 2.31. The first-order valence-electron chi connectivity index (χ1n) is 3.67. The highest BCUT2D eigenvalue weighted by Gasteiger charge is 2.15. The third kappa shape index (κ3) is 1.56. The molecule has 0 aromatic carbocycles. The summed E-state index contributed by atoms with van der Waals surface area (Å²) in [5, 5.41) is 3.87. The van der Waals surface area contributed by atoms with Gasteiger partial charge in [0, 0.05) is 0 Å². The summed E-state index contributed by atoms with van der Waals surface area (Å²) in [5.74, 6) is 0.161. The summed E-state index contributed by atoms with van der Waals surface area (Å²) in [7, 11) is 0. The molecular weight excluding hydrogens is 128 g/mol. The number of rotatable bonds is 3. The lowest BCUT2D eigenvalue weighted by atomic mass is 10.1. The predicted molar refractivity (Wildman–Crippen MR) is 40.0 cm³/mol. The Kier molecular flexibility index (Phi) is 2.42. The van der Waals surface area contributed by atoms with Crippen LogP contribution in [0.5, 0.6) is 0 Å². The van der Waals surface area contributed by atoms with Crippen LogP contribution in [0, 0.1) is 0 Å². The molecule has 0 fully saturated rings. The van der Waals surface area contributed by atoms with Crippen LogP contribution in [0.1, 0.15) is 26.2 Å². The second-order valence-electron chi connectivity index (χ2n) is 2.42. The van der Waals surface area contributed by atoms with Gasteiger partial charge in [-0.05, 0) is 12.8 Å². The van der Waals surface area contributed by atoms with Crippen LogP contribution in [0.15, 0.2) is 5.10 Å². The quantitative estimate of drug-likeness (QED) is 0.627. The lowest BCUT2D eigenvalue weighted by molar-refractivity contribution is -0.111. The fourth-order valence-electron chi connectivity index (χ4n) is 0.911. The monoisotopic (exact) mass is 140 g/mol. The van der Waals surface area contributed by atoms with E-state index in [-0.39, 0.29) is 5.78 Å². The number of hydrogen-bond donors (Lipinski definition) is 1. The van der Waals surface area contributed by atoms with E-state index in [4.69, 9.17) is 0 Å². The first-order valence-corrected chi connectivity index (χ1v) is 3.67. The Morgan fingerprint density at radius 1 is 1.70 bits per heavy atom. The van der Waals surface area contributed by atoms with Gasteiger partial charge in [0.05, 0.1) is 6.54 Å². The number of carbonyl (C=O) groups is 1. The minimum atomic E-state index is 0.161. The van der Waals surface area contributed by atoms with E-state index >= 15 is 0 Å². The van der Waals surface area contributed by atoms with Crippen LogP contribution in [0.4, 0.5) is 0 Å². The molecule has 0 unspecified atom stereocenters. The molecular formula is C7H12N2O. The zero-order chi connectivity index (χ0) is 7.40. The maximum absolute atomic E-state index is 10.9. The van der Waals surface area contributed by atoms with E-state index in [0.29, 0.717) is 6.54 Å². The van der Waals surface area contributed by atoms with Gasteiger partial charge in [0.1, 0.15) is 5.71 Å². The Morgan fingerprint density at radius 3 is 3.00 bits per heavy atom. The number of unbranched alkanes of at least 4 members (excludes halogenated alkanes) is 1. The maximum Gasteiger partial charge on any atom is 0.199 e. The third-order valence-electron chi connectivity index (χ3n) is 1.54. The largest absolute Gasteiger partial charge is 0.302 e. The Labute approximate surface area is 60.5 Å². The number of hydrazone groups is 1. The molecule has 1 rings (SSSR count). The van der Waals surface area contributed by atoms with Crippen molar-refractivity contribution in [2.75, 3.05) is 6.54 Å². The van der Waals surface area contributed by atoms with Crippen LogP contribution in [0.2, 0.25) is 0 Å². The summed E-state index contributed by atoms with van der Waals surface area (Å²) in [6, 6.07) is 0. The van der Waals surface area contributed by atoms with Crippen LogP contribution in [0.25, 0.3) is 0 Å². The molecule has 0 saturated carbocycles. The van der Waals surface area contributed by atoms with E-state index in [1.165, 1.54) is 0 Å². The average molecular weight is 140 g/mol. The van der Waals surface area contributed by atoms with Crippen molar-refractivity contribution in [2.45, 2.75) is 26.2 Å². The number of ketones is 1. The summed E-state index contributed by atoms with van der Waals surface area (Å²) in [5.41, 5.74) is 3.39. The summed E-state index contributed by atoms with van der Waals surface area (Å²) in [6.45, 7) is 2.51. The van der Waals surface area contributed by atoms with Gasteiger partial charge in [-0.25, -0.2) is 0 Å². The van der Waals surface area contributed by atoms with Crippen LogP contribution in [-0.2, 0) is 4.79 Å². The minimum absolute atomic E-state index is 0.161. The molecule has 10 heavy (non-hydrogen) atoms. The van der Waals surface area contributed by atoms with E-state index in [0.717, 1.165) is 25.0 Å². The Morgan fingerprint density at radius 2 is 2.50 bits per heavy atom. The van der Waals surface area contributed by atoms with Gasteiger partial charge in [0.25, 0.3) is 0 Å². The van der Waals surface area contributed by atoms with E-state index < -0.39 is 0 Å². The predicted octanol–water partition coefficient (Wildman–Crippen LogP) is 0.705. The summed E-state index contributed by atoms with van der Waals surface area (Å²) in [4.78, 5) is 10.9. The fourth-order valence-corrected chi connectivity index (χ4v) is 0.911. The van der Waals surface area contributed by atoms with Gasteiger partial charge >= 0.3 is 0 Å². The third-order valence-corrected chi connectivity index (χ3v) is 1.54. The van der Waals surface area contributed by atoms with E-state index in [1.54, 1.807) is 0 Å². The number of Topliss-reactive ketones (excluding diaryl/α,β-unsaturated/α-hetero) is 1. The number of nitrogens with zero attached hydrogens (tertiary/aromatic N) is 1. The highest BCUT2D eigenvalue weighted by atomic mass is 16.1. The molecule has 1 N–H and O–H groups in total. The van der Waals surface area contributed by atoms with E-state index in [9.17, 15) is 4.79 Å². The van der Waals surface area contributed by atoms with Crippen molar-refractivity contribution in [2.24, 2.45) is 5.10 Å². The van der Waals surface area contributed by atoms with E-state index in [2.05, 4.69) is 17.5 Å². The van der Waals surface area contributed by atoms with Gasteiger partial charge in [-0.3, -0.25) is 4.79 Å². The molecule has 0 aliphatic carbocycles. The molecule has 3 nitrogen and oxygen atoms in total. The van der Waals surface area contributed by atoms with Crippen molar-refractivity contribution >= 4 is 11.5 Å². The normalized spacial score (nSPS) is 16.9. The molecule has 1 aliphatic heterocycles. The van der Waals surface area contributed by atoms with Crippen LogP contribution in [-0.4, -0.2) is 18.0 Å². The second kappa shape index (κ2) is 3.34. The highest BCUT2D eigenvalue weighted by molar-refractivity contribution is 6.41. The Balaban J connectivity index is 2.33. The molecule has 0 amide bonds. The van der Waals surface area contributed by atoms with Crippen LogP contribution in [0.3, 0.4) is 0 Å². The van der Waals surface area contributed by atoms with Gasteiger partial charge in [0.15, 0.2) is 5.78 Å². The lowest BCUT2D eigenvalue weighted by Gasteiger charge is -1.92. The van der Waals surface area contributed by atoms with Crippen molar-refractivity contribution < 1.29 is 4.79 Å². The number of hydrogen-bond acceptors (Lipinski definition) is 3. The van der Waals surface area contributed by atoms with E-state index in [1.807, 2.05) is 0 Å². The summed E-state index contributed by atoms with van der Waals surface area (Å²) >= 11 is 0. The molecule has 0 aromatic heterocycles. The molecule has 0 spiro atoms. The first kappa shape index (κ1) is 7.25. The zero-order valence-electron chi connectivity index (χ0n) is 6.18. The van der Waals surface area contributed by atoms with Crippen molar-refractivity contribution in [1.29, 1.82) is 0 Å². The smallest absolute Gasteiger partial charge is 0.199 e. The second-order valence-corrected chi connectivity index (χ2v) is 2.42. The highest BCUT2D eigenvalue weighted by Crippen LogP contribution is 2.00. The topological polar surface area (TPSA) is 41.5 Å². The molecule has 3 heteroatoms. The molecule has 1 aliphatic rings. The Bertz CT molecular complexity index is 163. The number of nitrogens with one attached hydrogen (secondary N) is 1. The zero-order valence-corrected chi connectivity index (χ0v) is 6.18. The molecule has 0 bridgehead atoms. The summed E-state index contributed by atoms with van der Waals surface area (Å²) < 4.78 is 0. The molecule has 0 saturated heterocycles. The molecule has 0 radical (unpaired) electrons. The fraction of sp³-hybridized carbons (Fsp3) is 0.714. The minimum Gasteiger partial charge on any atom is -0.302 e.